The Hall–Kier alpha value is -0.0900. The smallest absolute Gasteiger partial charge is 0.147 e. The molecule has 16 heavy (non-hydrogen) atoms. The third kappa shape index (κ3) is 9.16. The molecule has 0 aromatic rings. The summed E-state index contributed by atoms with van der Waals surface area (Å²) in [5, 5.41) is 3.44. The first-order valence-corrected chi connectivity index (χ1v) is 8.36. The normalized spacial score (nSPS) is 16.0. The predicted octanol–water partition coefficient (Wildman–Crippen LogP) is 2.23. The average Bonchev–Trinajstić information content (AvgIpc) is 2.15. The van der Waals surface area contributed by atoms with E-state index in [1.807, 2.05) is 0 Å². The van der Waals surface area contributed by atoms with E-state index < -0.39 is 9.84 Å². The second-order valence-corrected chi connectivity index (χ2v) is 7.04. The summed E-state index contributed by atoms with van der Waals surface area (Å²) in [4.78, 5) is 0. The molecule has 0 radical (unpaired) electrons. The van der Waals surface area contributed by atoms with Crippen LogP contribution < -0.4 is 5.32 Å². The summed E-state index contributed by atoms with van der Waals surface area (Å²) in [5.74, 6) is 1.03. The number of sulfone groups is 1. The summed E-state index contributed by atoms with van der Waals surface area (Å²) in [5.41, 5.74) is 0. The molecule has 3 nitrogen and oxygen atoms in total. The Morgan fingerprint density at radius 1 is 1.25 bits per heavy atom. The van der Waals surface area contributed by atoms with Crippen molar-refractivity contribution >= 4 is 9.84 Å². The molecule has 0 aromatic heterocycles. The largest absolute Gasteiger partial charge is 0.314 e. The number of rotatable bonds is 9. The molecule has 0 bridgehead atoms. The standard InChI is InChI=1S/C12H27NO2S/c1-5-11(3)10-12(13-6-2)8-7-9-16(4,14)15/h11-13H,5-10H2,1-4H3. The van der Waals surface area contributed by atoms with E-state index in [-0.39, 0.29) is 0 Å². The van der Waals surface area contributed by atoms with Gasteiger partial charge < -0.3 is 5.32 Å². The van der Waals surface area contributed by atoms with Crippen molar-refractivity contribution in [3.05, 3.63) is 0 Å². The molecule has 0 spiro atoms. The second kappa shape index (κ2) is 8.07. The van der Waals surface area contributed by atoms with Gasteiger partial charge in [0.05, 0.1) is 0 Å². The maximum Gasteiger partial charge on any atom is 0.147 e. The van der Waals surface area contributed by atoms with Gasteiger partial charge in [-0.3, -0.25) is 0 Å². The second-order valence-electron chi connectivity index (χ2n) is 4.78. The molecule has 4 heteroatoms. The van der Waals surface area contributed by atoms with E-state index in [0.717, 1.165) is 25.8 Å². The van der Waals surface area contributed by atoms with E-state index >= 15 is 0 Å². The fraction of sp³-hybridized carbons (Fsp3) is 1.00. The van der Waals surface area contributed by atoms with Crippen molar-refractivity contribution in [1.82, 2.24) is 5.32 Å². The van der Waals surface area contributed by atoms with Crippen LogP contribution in [0.4, 0.5) is 0 Å². The fourth-order valence-corrected chi connectivity index (χ4v) is 2.53. The van der Waals surface area contributed by atoms with Crippen molar-refractivity contribution in [3.63, 3.8) is 0 Å². The van der Waals surface area contributed by atoms with Gasteiger partial charge in [0, 0.05) is 18.1 Å². The third-order valence-corrected chi connectivity index (χ3v) is 3.97. The van der Waals surface area contributed by atoms with Gasteiger partial charge in [0.2, 0.25) is 0 Å². The first kappa shape index (κ1) is 15.9. The van der Waals surface area contributed by atoms with Gasteiger partial charge in [-0.15, -0.1) is 0 Å². The fourth-order valence-electron chi connectivity index (χ4n) is 1.84. The number of hydrogen-bond acceptors (Lipinski definition) is 3. The Bertz CT molecular complexity index is 262. The molecule has 0 saturated heterocycles. The van der Waals surface area contributed by atoms with E-state index in [1.165, 1.54) is 12.7 Å². The summed E-state index contributed by atoms with van der Waals surface area (Å²) in [7, 11) is -2.80. The van der Waals surface area contributed by atoms with E-state index in [4.69, 9.17) is 0 Å². The molecule has 0 aliphatic rings. The lowest BCUT2D eigenvalue weighted by atomic mass is 9.96. The molecule has 98 valence electrons. The average molecular weight is 249 g/mol. The van der Waals surface area contributed by atoms with Crippen LogP contribution in [0.2, 0.25) is 0 Å². The minimum Gasteiger partial charge on any atom is -0.314 e. The zero-order chi connectivity index (χ0) is 12.6. The van der Waals surface area contributed by atoms with Crippen LogP contribution in [0.15, 0.2) is 0 Å². The molecule has 0 heterocycles. The molecule has 0 aromatic carbocycles. The van der Waals surface area contributed by atoms with Crippen LogP contribution in [0.25, 0.3) is 0 Å². The quantitative estimate of drug-likeness (QED) is 0.681. The van der Waals surface area contributed by atoms with Gasteiger partial charge in [-0.05, 0) is 31.7 Å². The lowest BCUT2D eigenvalue weighted by Crippen LogP contribution is -2.31. The molecule has 0 amide bonds. The van der Waals surface area contributed by atoms with Gasteiger partial charge in [-0.2, -0.15) is 0 Å². The van der Waals surface area contributed by atoms with E-state index in [0.29, 0.717) is 17.7 Å². The highest BCUT2D eigenvalue weighted by molar-refractivity contribution is 7.90. The molecule has 2 unspecified atom stereocenters. The number of hydrogen-bond donors (Lipinski definition) is 1. The van der Waals surface area contributed by atoms with E-state index in [1.54, 1.807) is 0 Å². The van der Waals surface area contributed by atoms with Crippen LogP contribution in [-0.4, -0.2) is 33.0 Å². The molecule has 0 rings (SSSR count). The van der Waals surface area contributed by atoms with E-state index in [9.17, 15) is 8.42 Å². The van der Waals surface area contributed by atoms with Crippen molar-refractivity contribution in [2.24, 2.45) is 5.92 Å². The van der Waals surface area contributed by atoms with Crippen LogP contribution in [0.1, 0.15) is 46.5 Å². The Balaban J connectivity index is 3.93. The first-order valence-electron chi connectivity index (χ1n) is 6.30. The summed E-state index contributed by atoms with van der Waals surface area (Å²) >= 11 is 0. The minimum atomic E-state index is -2.80. The van der Waals surface area contributed by atoms with Gasteiger partial charge in [0.1, 0.15) is 9.84 Å². The van der Waals surface area contributed by atoms with Crippen LogP contribution in [-0.2, 0) is 9.84 Å². The van der Waals surface area contributed by atoms with Gasteiger partial charge in [-0.25, -0.2) is 8.42 Å². The Morgan fingerprint density at radius 2 is 1.88 bits per heavy atom. The molecule has 2 atom stereocenters. The molecule has 1 N–H and O–H groups in total. The first-order chi connectivity index (χ1) is 7.39. The summed E-state index contributed by atoms with van der Waals surface area (Å²) < 4.78 is 22.1. The Labute approximate surface area is 101 Å². The zero-order valence-electron chi connectivity index (χ0n) is 11.1. The maximum atomic E-state index is 11.0. The van der Waals surface area contributed by atoms with Crippen molar-refractivity contribution in [1.29, 1.82) is 0 Å². The van der Waals surface area contributed by atoms with E-state index in [2.05, 4.69) is 26.1 Å². The SMILES string of the molecule is CCNC(CCCS(C)(=O)=O)CC(C)CC. The molecule has 0 saturated carbocycles. The minimum absolute atomic E-state index is 0.315. The monoisotopic (exact) mass is 249 g/mol. The van der Waals surface area contributed by atoms with Crippen molar-refractivity contribution in [3.8, 4) is 0 Å². The van der Waals surface area contributed by atoms with Crippen LogP contribution in [0.5, 0.6) is 0 Å². The molecular formula is C12H27NO2S. The molecule has 0 aliphatic heterocycles. The van der Waals surface area contributed by atoms with Gasteiger partial charge in [0.25, 0.3) is 0 Å². The number of nitrogens with one attached hydrogen (secondary N) is 1. The van der Waals surface area contributed by atoms with Gasteiger partial charge >= 0.3 is 0 Å². The van der Waals surface area contributed by atoms with Crippen LogP contribution >= 0.6 is 0 Å². The van der Waals surface area contributed by atoms with Crippen molar-refractivity contribution in [2.45, 2.75) is 52.5 Å². The molecular weight excluding hydrogens is 222 g/mol. The maximum absolute atomic E-state index is 11.0. The van der Waals surface area contributed by atoms with Gasteiger partial charge in [-0.1, -0.05) is 27.2 Å². The van der Waals surface area contributed by atoms with Crippen LogP contribution in [0.3, 0.4) is 0 Å². The van der Waals surface area contributed by atoms with Crippen molar-refractivity contribution in [2.75, 3.05) is 18.6 Å². The molecule has 0 fully saturated rings. The topological polar surface area (TPSA) is 46.2 Å². The Kier molecular flexibility index (Phi) is 8.02. The highest BCUT2D eigenvalue weighted by atomic mass is 32.2. The lowest BCUT2D eigenvalue weighted by molar-refractivity contribution is 0.380. The Morgan fingerprint density at radius 3 is 2.31 bits per heavy atom. The summed E-state index contributed by atoms with van der Waals surface area (Å²) in [6.45, 7) is 7.51. The molecule has 0 aliphatic carbocycles. The summed E-state index contributed by atoms with van der Waals surface area (Å²) in [6.07, 6.45) is 5.38. The summed E-state index contributed by atoms with van der Waals surface area (Å²) in [6, 6.07) is 0.474. The zero-order valence-corrected chi connectivity index (χ0v) is 11.9. The lowest BCUT2D eigenvalue weighted by Gasteiger charge is -2.20. The van der Waals surface area contributed by atoms with Gasteiger partial charge in [0.15, 0.2) is 0 Å². The van der Waals surface area contributed by atoms with Crippen molar-refractivity contribution < 1.29 is 8.42 Å². The third-order valence-electron chi connectivity index (χ3n) is 2.94. The highest BCUT2D eigenvalue weighted by Crippen LogP contribution is 2.13. The predicted molar refractivity (Wildman–Crippen MR) is 70.5 cm³/mol. The highest BCUT2D eigenvalue weighted by Gasteiger charge is 2.12. The van der Waals surface area contributed by atoms with Crippen LogP contribution in [0, 0.1) is 5.92 Å².